The molecule has 1 atom stereocenters. The molecule has 1 aromatic rings. The number of urea groups is 1. The lowest BCUT2D eigenvalue weighted by Crippen LogP contribution is -2.55. The molecular weight excluding hydrogens is 381 g/mol. The monoisotopic (exact) mass is 404 g/mol. The third-order valence-corrected chi connectivity index (χ3v) is 5.00. The zero-order valence-electron chi connectivity index (χ0n) is 15.0. The van der Waals surface area contributed by atoms with Gasteiger partial charge in [0.1, 0.15) is 6.04 Å². The molecule has 0 unspecified atom stereocenters. The van der Waals surface area contributed by atoms with E-state index in [9.17, 15) is 22.8 Å². The number of anilines is 1. The van der Waals surface area contributed by atoms with Crippen LogP contribution in [0, 0.1) is 0 Å². The molecule has 1 aliphatic heterocycles. The van der Waals surface area contributed by atoms with E-state index in [4.69, 9.17) is 5.73 Å². The van der Waals surface area contributed by atoms with Crippen LogP contribution >= 0.6 is 11.8 Å². The summed E-state index contributed by atoms with van der Waals surface area (Å²) < 4.78 is 38.6. The van der Waals surface area contributed by atoms with Gasteiger partial charge in [0.2, 0.25) is 5.91 Å². The third kappa shape index (κ3) is 5.95. The van der Waals surface area contributed by atoms with Crippen LogP contribution in [0.1, 0.15) is 12.0 Å². The summed E-state index contributed by atoms with van der Waals surface area (Å²) in [6.07, 6.45) is -2.02. The maximum Gasteiger partial charge on any atom is 0.416 e. The number of halogens is 3. The van der Waals surface area contributed by atoms with Gasteiger partial charge in [-0.1, -0.05) is 6.07 Å². The van der Waals surface area contributed by atoms with Gasteiger partial charge >= 0.3 is 12.2 Å². The predicted octanol–water partition coefficient (Wildman–Crippen LogP) is 2.14. The molecule has 27 heavy (non-hydrogen) atoms. The second-order valence-electron chi connectivity index (χ2n) is 6.20. The van der Waals surface area contributed by atoms with Crippen LogP contribution in [0.15, 0.2) is 24.3 Å². The molecule has 3 amide bonds. The zero-order chi connectivity index (χ0) is 20.0. The molecule has 0 aliphatic carbocycles. The number of nitrogens with two attached hydrogens (primary N) is 1. The first-order chi connectivity index (χ1) is 12.7. The number of benzene rings is 1. The number of rotatable bonds is 6. The number of carbonyl (C=O) groups excluding carboxylic acids is 2. The summed E-state index contributed by atoms with van der Waals surface area (Å²) >= 11 is 1.56. The van der Waals surface area contributed by atoms with E-state index in [0.717, 1.165) is 12.1 Å². The van der Waals surface area contributed by atoms with Crippen LogP contribution < -0.4 is 16.0 Å². The van der Waals surface area contributed by atoms with E-state index in [1.807, 2.05) is 11.2 Å². The van der Waals surface area contributed by atoms with E-state index in [-0.39, 0.29) is 5.91 Å². The van der Waals surface area contributed by atoms with Gasteiger partial charge in [-0.25, -0.2) is 4.79 Å². The Hall–Kier alpha value is -2.10. The smallest absolute Gasteiger partial charge is 0.368 e. The van der Waals surface area contributed by atoms with Crippen LogP contribution in [0.4, 0.5) is 23.7 Å². The topological polar surface area (TPSA) is 78.7 Å². The summed E-state index contributed by atoms with van der Waals surface area (Å²) in [5.41, 5.74) is 4.94. The standard InChI is InChI=1S/C17H23F3N4O2S/c1-27-10-5-14(22-16(21)26)15(25)24-8-6-23(7-9-24)13-4-2-3-12(11-13)17(18,19)20/h2-4,11,14H,5-10H2,1H3,(H3,21,22,26)/t14-/m0/s1. The van der Waals surface area contributed by atoms with Gasteiger partial charge < -0.3 is 20.9 Å². The van der Waals surface area contributed by atoms with Gasteiger partial charge in [-0.3, -0.25) is 4.79 Å². The highest BCUT2D eigenvalue weighted by molar-refractivity contribution is 7.98. The Kier molecular flexibility index (Phi) is 7.23. The van der Waals surface area contributed by atoms with Crippen molar-refractivity contribution < 1.29 is 22.8 Å². The number of nitrogens with one attached hydrogen (secondary N) is 1. The van der Waals surface area contributed by atoms with Gasteiger partial charge in [0.25, 0.3) is 0 Å². The lowest BCUT2D eigenvalue weighted by atomic mass is 10.1. The number of alkyl halides is 3. The molecule has 1 aromatic carbocycles. The fraction of sp³-hybridized carbons (Fsp3) is 0.529. The lowest BCUT2D eigenvalue weighted by Gasteiger charge is -2.37. The van der Waals surface area contributed by atoms with Crippen molar-refractivity contribution in [3.8, 4) is 0 Å². The molecule has 10 heteroatoms. The summed E-state index contributed by atoms with van der Waals surface area (Å²) in [6.45, 7) is 1.56. The number of nitrogens with zero attached hydrogens (tertiary/aromatic N) is 2. The van der Waals surface area contributed by atoms with Crippen molar-refractivity contribution >= 4 is 29.4 Å². The van der Waals surface area contributed by atoms with Crippen LogP contribution in [0.25, 0.3) is 0 Å². The number of hydrogen-bond donors (Lipinski definition) is 2. The Morgan fingerprint density at radius 2 is 1.93 bits per heavy atom. The van der Waals surface area contributed by atoms with Crippen LogP contribution in [-0.4, -0.2) is 61.1 Å². The molecule has 1 fully saturated rings. The highest BCUT2D eigenvalue weighted by atomic mass is 32.2. The first kappa shape index (κ1) is 21.2. The zero-order valence-corrected chi connectivity index (χ0v) is 15.8. The van der Waals surface area contributed by atoms with Gasteiger partial charge in [-0.15, -0.1) is 0 Å². The van der Waals surface area contributed by atoms with Crippen molar-refractivity contribution in [3.63, 3.8) is 0 Å². The second kappa shape index (κ2) is 9.20. The molecular formula is C17H23F3N4O2S. The molecule has 2 rings (SSSR count). The number of thioether (sulfide) groups is 1. The van der Waals surface area contributed by atoms with Crippen molar-refractivity contribution in [2.45, 2.75) is 18.6 Å². The number of primary amides is 1. The first-order valence-electron chi connectivity index (χ1n) is 8.48. The molecule has 1 heterocycles. The van der Waals surface area contributed by atoms with Gasteiger partial charge in [0.05, 0.1) is 5.56 Å². The Labute approximate surface area is 160 Å². The minimum atomic E-state index is -4.39. The van der Waals surface area contributed by atoms with Crippen molar-refractivity contribution in [1.82, 2.24) is 10.2 Å². The van der Waals surface area contributed by atoms with E-state index in [0.29, 0.717) is 44.0 Å². The predicted molar refractivity (Wildman–Crippen MR) is 99.7 cm³/mol. The lowest BCUT2D eigenvalue weighted by molar-refractivity contribution is -0.137. The fourth-order valence-electron chi connectivity index (χ4n) is 2.95. The van der Waals surface area contributed by atoms with Crippen molar-refractivity contribution in [3.05, 3.63) is 29.8 Å². The van der Waals surface area contributed by atoms with E-state index in [1.165, 1.54) is 6.07 Å². The largest absolute Gasteiger partial charge is 0.416 e. The molecule has 6 nitrogen and oxygen atoms in total. The molecule has 1 aliphatic rings. The average molecular weight is 404 g/mol. The second-order valence-corrected chi connectivity index (χ2v) is 7.19. The number of amides is 3. The summed E-state index contributed by atoms with van der Waals surface area (Å²) in [6, 6.07) is 3.72. The Balaban J connectivity index is 1.99. The molecule has 0 aromatic heterocycles. The molecule has 1 saturated heterocycles. The molecule has 0 radical (unpaired) electrons. The number of carbonyl (C=O) groups is 2. The van der Waals surface area contributed by atoms with Gasteiger partial charge in [-0.2, -0.15) is 24.9 Å². The van der Waals surface area contributed by atoms with Crippen LogP contribution in [-0.2, 0) is 11.0 Å². The SMILES string of the molecule is CSCC[C@H](NC(N)=O)C(=O)N1CCN(c2cccc(C(F)(F)F)c2)CC1. The maximum absolute atomic E-state index is 12.9. The molecule has 150 valence electrons. The van der Waals surface area contributed by atoms with E-state index in [1.54, 1.807) is 22.7 Å². The van der Waals surface area contributed by atoms with E-state index in [2.05, 4.69) is 5.32 Å². The third-order valence-electron chi connectivity index (χ3n) is 4.36. The molecule has 0 spiro atoms. The normalized spacial score (nSPS) is 16.1. The van der Waals surface area contributed by atoms with Crippen LogP contribution in [0.2, 0.25) is 0 Å². The summed E-state index contributed by atoms with van der Waals surface area (Å²) in [5, 5.41) is 2.47. The molecule has 0 bridgehead atoms. The van der Waals surface area contributed by atoms with Crippen molar-refractivity contribution in [2.24, 2.45) is 5.73 Å². The van der Waals surface area contributed by atoms with Gasteiger partial charge in [0, 0.05) is 31.9 Å². The molecule has 0 saturated carbocycles. The molecule has 3 N–H and O–H groups in total. The average Bonchev–Trinajstić information content (AvgIpc) is 2.64. The highest BCUT2D eigenvalue weighted by Gasteiger charge is 2.32. The Bertz CT molecular complexity index is 664. The summed E-state index contributed by atoms with van der Waals surface area (Å²) in [7, 11) is 0. The fourth-order valence-corrected chi connectivity index (χ4v) is 3.42. The Morgan fingerprint density at radius 1 is 1.26 bits per heavy atom. The van der Waals surface area contributed by atoms with Gasteiger partial charge in [0.15, 0.2) is 0 Å². The maximum atomic E-state index is 12.9. The first-order valence-corrected chi connectivity index (χ1v) is 9.87. The summed E-state index contributed by atoms with van der Waals surface area (Å²) in [5.74, 6) is 0.479. The summed E-state index contributed by atoms with van der Waals surface area (Å²) in [4.78, 5) is 27.2. The quantitative estimate of drug-likeness (QED) is 0.762. The van der Waals surface area contributed by atoms with E-state index >= 15 is 0 Å². The Morgan fingerprint density at radius 3 is 2.48 bits per heavy atom. The van der Waals surface area contributed by atoms with Gasteiger partial charge in [-0.05, 0) is 36.6 Å². The minimum Gasteiger partial charge on any atom is -0.368 e. The van der Waals surface area contributed by atoms with Crippen LogP contribution in [0.5, 0.6) is 0 Å². The van der Waals surface area contributed by atoms with Crippen molar-refractivity contribution in [2.75, 3.05) is 43.1 Å². The minimum absolute atomic E-state index is 0.216. The van der Waals surface area contributed by atoms with E-state index < -0.39 is 23.8 Å². The van der Waals surface area contributed by atoms with Crippen molar-refractivity contribution in [1.29, 1.82) is 0 Å². The van der Waals surface area contributed by atoms with Crippen LogP contribution in [0.3, 0.4) is 0 Å². The number of hydrogen-bond acceptors (Lipinski definition) is 4. The number of piperazine rings is 1. The highest BCUT2D eigenvalue weighted by Crippen LogP contribution is 2.31.